The largest absolute Gasteiger partial charge is 0.310 e. The predicted octanol–water partition coefficient (Wildman–Crippen LogP) is 22.6. The highest BCUT2D eigenvalue weighted by atomic mass is 35.5. The highest BCUT2D eigenvalue weighted by molar-refractivity contribution is 7.26. The van der Waals surface area contributed by atoms with E-state index in [0.29, 0.717) is 14.7 Å². The van der Waals surface area contributed by atoms with Gasteiger partial charge in [0.15, 0.2) is 0 Å². The van der Waals surface area contributed by atoms with Gasteiger partial charge in [-0.1, -0.05) is 192 Å². The Morgan fingerprint density at radius 2 is 0.852 bits per heavy atom. The van der Waals surface area contributed by atoms with Crippen LogP contribution in [0, 0.1) is 0 Å². The minimum absolute atomic E-state index is 0.162. The van der Waals surface area contributed by atoms with Gasteiger partial charge >= 0.3 is 0 Å². The number of thiophene rings is 1. The fourth-order valence-electron chi connectivity index (χ4n) is 9.12. The van der Waals surface area contributed by atoms with Crippen LogP contribution >= 0.6 is 22.9 Å². The molecule has 394 valence electrons. The molecule has 3 heterocycles. The van der Waals surface area contributed by atoms with Gasteiger partial charge in [-0.3, -0.25) is 0 Å². The number of halogens is 1. The lowest BCUT2D eigenvalue weighted by molar-refractivity contribution is 0.590. The summed E-state index contributed by atoms with van der Waals surface area (Å²) in [6, 6.07) is -50.3. The standard InChI is InChI=1S/C74H60ClN5S/c1-73(2,3)49-38-42-53(43-39-49)76(54-44-40-50(41-45-54)74(4,5)6)55-26-19-27-56(46-55)78(66-36-21-31-61-59-29-14-18-37-69(59)81-72(61)66)67-47-57(77(51-22-9-7-10-23-51)52-24-11-8-12-25-52)48-68(70(67)75)79-63-33-16-17-34-64(63)80-62-32-15-13-28-58(62)60-30-20-35-65(79)71(60)80/h7-48H,1-6H3/i7D,8D,9D,10D,11D,12D,13D,14D,15D,16D,17D,18D,19D,20D,21D,22D,23D,24D,25D,26D,27D,28D,29D,30D,31D,32D,33D,34D,35D,36D,37D,38D,39D,40D,41D,42D,43D,44D,45D,46D,47D,48D. The van der Waals surface area contributed by atoms with Crippen molar-refractivity contribution in [2.45, 2.75) is 52.4 Å². The topological polar surface area (TPSA) is 17.9 Å². The summed E-state index contributed by atoms with van der Waals surface area (Å²) in [5, 5.41) is -4.19. The summed E-state index contributed by atoms with van der Waals surface area (Å²) in [5.41, 5.74) is -21.3. The van der Waals surface area contributed by atoms with Gasteiger partial charge in [0.05, 0.1) is 118 Å². The maximum absolute atomic E-state index is 11.3. The van der Waals surface area contributed by atoms with Crippen LogP contribution in [0.5, 0.6) is 0 Å². The zero-order valence-corrected chi connectivity index (χ0v) is 44.6. The van der Waals surface area contributed by atoms with Crippen molar-refractivity contribution in [3.05, 3.63) is 270 Å². The molecule has 0 aliphatic carbocycles. The summed E-state index contributed by atoms with van der Waals surface area (Å²) in [4.78, 5) is 1.29. The van der Waals surface area contributed by atoms with E-state index in [1.807, 2.05) is 0 Å². The zero-order chi connectivity index (χ0) is 91.7. The first-order valence-electron chi connectivity index (χ1n) is 45.5. The van der Waals surface area contributed by atoms with Crippen molar-refractivity contribution >= 4 is 133 Å². The van der Waals surface area contributed by atoms with E-state index < -0.39 is 386 Å². The van der Waals surface area contributed by atoms with Crippen LogP contribution in [0.1, 0.15) is 110 Å². The lowest BCUT2D eigenvalue weighted by Crippen LogP contribution is -2.20. The number of aromatic nitrogens is 1. The van der Waals surface area contributed by atoms with E-state index in [1.165, 1.54) is 41.5 Å². The number of hydrogen-bond donors (Lipinski definition) is 0. The molecule has 0 unspecified atom stereocenters. The summed E-state index contributed by atoms with van der Waals surface area (Å²) in [6.45, 7) is 9.04. The summed E-state index contributed by atoms with van der Waals surface area (Å²) < 4.78 is 407. The SMILES string of the molecule is [2H]c1c([2H])c([2H])c(N(c2c([2H])c([2H])c([2H])c([2H])c2[2H])c2c([2H])c(N(c3c([2H])c([2H])c([2H])c(N(c4c([2H])c([2H])c(C(C)(C)C)c([2H])c4[2H])c4c([2H])c([2H])c(C(C)(C)C)c([2H])c4[2H])c3[2H])c3c([2H])c([2H])c([2H])c4c3sc3c([2H])c([2H])c([2H])c([2H])c34)c(Cl)c(N3c4c([2H])c([2H])c([2H])c([2H])c4-n4c5c([2H])c([2H])c([2H])c([2H])c5c5c([2H])c([2H])c([2H])c3c54)c2[2H])c([2H])c1[2H]. The molecule has 0 spiro atoms. The van der Waals surface area contributed by atoms with E-state index in [9.17, 15) is 49.3 Å². The Morgan fingerprint density at radius 3 is 1.51 bits per heavy atom. The van der Waals surface area contributed by atoms with Crippen molar-refractivity contribution in [2.75, 3.05) is 19.6 Å². The Kier molecular flexibility index (Phi) is 5.44. The molecule has 0 saturated heterocycles. The smallest absolute Gasteiger partial charge is 0.0888 e. The van der Waals surface area contributed by atoms with Gasteiger partial charge in [0.25, 0.3) is 0 Å². The molecule has 1 aliphatic rings. The van der Waals surface area contributed by atoms with E-state index >= 15 is 0 Å². The van der Waals surface area contributed by atoms with E-state index in [0.717, 1.165) is 4.57 Å². The second-order valence-corrected chi connectivity index (χ2v) is 21.4. The minimum atomic E-state index is -1.69. The second kappa shape index (κ2) is 19.6. The van der Waals surface area contributed by atoms with E-state index in [4.69, 9.17) is 19.8 Å². The van der Waals surface area contributed by atoms with Gasteiger partial charge in [-0.05, 0) is 137 Å². The maximum atomic E-state index is 11.3. The van der Waals surface area contributed by atoms with Crippen LogP contribution in [0.2, 0.25) is 5.02 Å². The number of para-hydroxylation sites is 6. The van der Waals surface area contributed by atoms with Crippen molar-refractivity contribution in [1.82, 2.24) is 4.57 Å². The molecule has 0 bridgehead atoms. The van der Waals surface area contributed by atoms with Crippen LogP contribution in [-0.2, 0) is 10.8 Å². The number of rotatable bonds is 10. The fourth-order valence-corrected chi connectivity index (χ4v) is 10.4. The summed E-state index contributed by atoms with van der Waals surface area (Å²) in [5.74, 6) is 0. The van der Waals surface area contributed by atoms with Crippen LogP contribution < -0.4 is 19.6 Å². The maximum Gasteiger partial charge on any atom is 0.0888 e. The number of benzene rings is 11. The Morgan fingerprint density at radius 1 is 0.370 bits per heavy atom. The average Bonchev–Trinajstić information content (AvgIpc) is 1.52. The Balaban J connectivity index is 1.35. The molecule has 1 aliphatic heterocycles. The molecular formula is C74H60ClN5S. The van der Waals surface area contributed by atoms with Crippen molar-refractivity contribution in [2.24, 2.45) is 0 Å². The molecule has 13 aromatic rings. The third-order valence-corrected chi connectivity index (χ3v) is 14.3. The fraction of sp³-hybridized carbons (Fsp3) is 0.108. The first-order valence-corrected chi connectivity index (χ1v) is 25.6. The van der Waals surface area contributed by atoms with Crippen molar-refractivity contribution in [3.8, 4) is 5.69 Å². The van der Waals surface area contributed by atoms with Gasteiger partial charge < -0.3 is 24.2 Å². The molecule has 0 atom stereocenters. The normalized spacial score (nSPS) is 19.6. The molecule has 14 rings (SSSR count). The molecule has 81 heavy (non-hydrogen) atoms. The highest BCUT2D eigenvalue weighted by Crippen LogP contribution is 2.57. The number of nitrogens with zero attached hydrogens (tertiary/aromatic N) is 5. The Labute approximate surface area is 542 Å². The predicted molar refractivity (Wildman–Crippen MR) is 348 cm³/mol. The molecule has 2 aromatic heterocycles. The molecule has 7 heteroatoms. The molecule has 11 aromatic carbocycles. The summed E-state index contributed by atoms with van der Waals surface area (Å²) >= 11 is 8.53. The van der Waals surface area contributed by atoms with E-state index in [-0.39, 0.29) is 27.4 Å². The molecule has 0 fully saturated rings. The van der Waals surface area contributed by atoms with Crippen molar-refractivity contribution in [3.63, 3.8) is 0 Å². The van der Waals surface area contributed by atoms with Gasteiger partial charge in [0, 0.05) is 60.4 Å². The van der Waals surface area contributed by atoms with Crippen molar-refractivity contribution in [1.29, 1.82) is 0 Å². The number of fused-ring (bicyclic) bond motifs is 8. The van der Waals surface area contributed by atoms with Crippen LogP contribution in [0.25, 0.3) is 47.7 Å². The zero-order valence-electron chi connectivity index (χ0n) is 85.0. The lowest BCUT2D eigenvalue weighted by atomic mass is 9.86. The first-order chi connectivity index (χ1) is 56.9. The third-order valence-electron chi connectivity index (χ3n) is 12.9. The van der Waals surface area contributed by atoms with E-state index in [1.54, 1.807) is 0 Å². The molecule has 0 radical (unpaired) electrons. The van der Waals surface area contributed by atoms with Crippen molar-refractivity contribution < 1.29 is 57.6 Å². The third kappa shape index (κ3) is 8.60. The monoisotopic (exact) mass is 1130 g/mol. The van der Waals surface area contributed by atoms with Crippen LogP contribution in [-0.4, -0.2) is 4.57 Å². The number of hydrogen-bond acceptors (Lipinski definition) is 5. The Bertz CT molecular complexity index is 6840. The van der Waals surface area contributed by atoms with Crippen LogP contribution in [0.4, 0.5) is 68.2 Å². The highest BCUT2D eigenvalue weighted by Gasteiger charge is 2.33. The average molecular weight is 1130 g/mol. The minimum Gasteiger partial charge on any atom is -0.310 e. The molecule has 0 amide bonds. The molecule has 5 nitrogen and oxygen atoms in total. The number of anilines is 12. The summed E-state index contributed by atoms with van der Waals surface area (Å²) in [7, 11) is 0. The van der Waals surface area contributed by atoms with Crippen LogP contribution in [0.3, 0.4) is 0 Å². The molecular weight excluding hydrogens is 1030 g/mol. The van der Waals surface area contributed by atoms with Gasteiger partial charge in [0.2, 0.25) is 0 Å². The van der Waals surface area contributed by atoms with Gasteiger partial charge in [-0.25, -0.2) is 0 Å². The second-order valence-electron chi connectivity index (χ2n) is 20.0. The van der Waals surface area contributed by atoms with Gasteiger partial charge in [0.1, 0.15) is 0 Å². The van der Waals surface area contributed by atoms with Gasteiger partial charge in [-0.15, -0.1) is 11.3 Å². The summed E-state index contributed by atoms with van der Waals surface area (Å²) in [6.07, 6.45) is 0. The van der Waals surface area contributed by atoms with E-state index in [2.05, 4.69) is 0 Å². The quantitative estimate of drug-likeness (QED) is 0.136. The van der Waals surface area contributed by atoms with Crippen LogP contribution in [0.15, 0.2) is 254 Å². The van der Waals surface area contributed by atoms with Gasteiger partial charge in [-0.2, -0.15) is 0 Å². The Hall–Kier alpha value is -9.07. The molecule has 0 saturated carbocycles. The first kappa shape index (κ1) is 22.5. The molecule has 0 N–H and O–H groups in total. The lowest BCUT2D eigenvalue weighted by Gasteiger charge is -2.37.